The molecule has 0 saturated carbocycles. The van der Waals surface area contributed by atoms with Crippen LogP contribution in [0.3, 0.4) is 0 Å². The Morgan fingerprint density at radius 3 is 1.68 bits per heavy atom. The van der Waals surface area contributed by atoms with Crippen LogP contribution in [0.5, 0.6) is 0 Å². The fraction of sp³-hybridized carbons (Fsp3) is 1.00. The third kappa shape index (κ3) is 10.0. The average molecular weight is 298 g/mol. The fourth-order valence-corrected chi connectivity index (χ4v) is 0.635. The highest BCUT2D eigenvalue weighted by molar-refractivity contribution is 4.77. The summed E-state index contributed by atoms with van der Waals surface area (Å²) in [5, 5.41) is 0. The van der Waals surface area contributed by atoms with Gasteiger partial charge in [-0.25, -0.2) is 9.13 Å². The Morgan fingerprint density at radius 2 is 1.37 bits per heavy atom. The minimum atomic E-state index is -4.62. The number of rotatable bonds is 7. The van der Waals surface area contributed by atoms with Crippen LogP contribution in [0.1, 0.15) is 40.5 Å². The molecular formula is C11H20F6O2. The molecule has 0 saturated heterocycles. The first-order valence-electron chi connectivity index (χ1n) is 5.78. The highest BCUT2D eigenvalue weighted by Gasteiger charge is 2.56. The van der Waals surface area contributed by atoms with E-state index >= 15 is 0 Å². The summed E-state index contributed by atoms with van der Waals surface area (Å²) in [7, 11) is 0. The molecule has 118 valence electrons. The van der Waals surface area contributed by atoms with Gasteiger partial charge in [0.2, 0.25) is 0 Å². The highest BCUT2D eigenvalue weighted by Crippen LogP contribution is 2.38. The Balaban J connectivity index is 0. The molecule has 0 aromatic carbocycles. The maximum atomic E-state index is 12.8. The standard InChI is InChI=1S/C9H15F5O2.C2H5F/c1-4-5-6-15-9(13,14)16-8(11,12)7(2,3)10;1-2-3/h4-6H2,1-3H3;2H2,1H3. The molecule has 0 heterocycles. The van der Waals surface area contributed by atoms with Crippen LogP contribution in [0.25, 0.3) is 0 Å². The van der Waals surface area contributed by atoms with Gasteiger partial charge in [0, 0.05) is 0 Å². The Kier molecular flexibility index (Phi) is 9.45. The van der Waals surface area contributed by atoms with Crippen LogP contribution in [0.4, 0.5) is 26.3 Å². The van der Waals surface area contributed by atoms with Crippen molar-refractivity contribution in [2.75, 3.05) is 13.3 Å². The molecule has 19 heavy (non-hydrogen) atoms. The van der Waals surface area contributed by atoms with E-state index in [0.717, 1.165) is 0 Å². The zero-order valence-corrected chi connectivity index (χ0v) is 11.4. The third-order valence-electron chi connectivity index (χ3n) is 1.71. The van der Waals surface area contributed by atoms with Crippen molar-refractivity contribution in [3.63, 3.8) is 0 Å². The Morgan fingerprint density at radius 1 is 0.947 bits per heavy atom. The quantitative estimate of drug-likeness (QED) is 0.386. The van der Waals surface area contributed by atoms with E-state index in [4.69, 9.17) is 0 Å². The lowest BCUT2D eigenvalue weighted by Crippen LogP contribution is -2.47. The molecule has 0 rings (SSSR count). The molecule has 0 aromatic heterocycles. The smallest absolute Gasteiger partial charge is 0.296 e. The van der Waals surface area contributed by atoms with Crippen molar-refractivity contribution < 1.29 is 35.8 Å². The second kappa shape index (κ2) is 8.63. The third-order valence-corrected chi connectivity index (χ3v) is 1.71. The molecule has 0 aliphatic carbocycles. The zero-order chi connectivity index (χ0) is 15.7. The van der Waals surface area contributed by atoms with Crippen molar-refractivity contribution in [3.05, 3.63) is 0 Å². The van der Waals surface area contributed by atoms with E-state index in [0.29, 0.717) is 20.3 Å². The van der Waals surface area contributed by atoms with Gasteiger partial charge in [-0.1, -0.05) is 13.3 Å². The predicted octanol–water partition coefficient (Wildman–Crippen LogP) is 4.69. The Bertz CT molecular complexity index is 228. The van der Waals surface area contributed by atoms with Crippen molar-refractivity contribution in [1.82, 2.24) is 0 Å². The van der Waals surface area contributed by atoms with Crippen molar-refractivity contribution in [1.29, 1.82) is 0 Å². The van der Waals surface area contributed by atoms with Crippen molar-refractivity contribution in [2.45, 2.75) is 58.6 Å². The molecule has 2 nitrogen and oxygen atoms in total. The van der Waals surface area contributed by atoms with Crippen LogP contribution < -0.4 is 0 Å². The first kappa shape index (κ1) is 20.8. The maximum absolute atomic E-state index is 12.8. The molecule has 0 spiro atoms. The zero-order valence-electron chi connectivity index (χ0n) is 11.4. The van der Waals surface area contributed by atoms with Crippen LogP contribution >= 0.6 is 0 Å². The van der Waals surface area contributed by atoms with Crippen molar-refractivity contribution in [3.8, 4) is 0 Å². The maximum Gasteiger partial charge on any atom is 0.490 e. The van der Waals surface area contributed by atoms with E-state index in [9.17, 15) is 26.3 Å². The van der Waals surface area contributed by atoms with Gasteiger partial charge in [-0.05, 0) is 27.2 Å². The topological polar surface area (TPSA) is 18.5 Å². The monoisotopic (exact) mass is 298 g/mol. The van der Waals surface area contributed by atoms with E-state index in [1.165, 1.54) is 6.92 Å². The van der Waals surface area contributed by atoms with Gasteiger partial charge in [-0.2, -0.15) is 8.78 Å². The number of hydrogen-bond donors (Lipinski definition) is 0. The van der Waals surface area contributed by atoms with Crippen LogP contribution in [0, 0.1) is 0 Å². The number of alkyl halides is 6. The highest BCUT2D eigenvalue weighted by atomic mass is 19.3. The van der Waals surface area contributed by atoms with Crippen LogP contribution in [-0.2, 0) is 9.47 Å². The molecule has 0 unspecified atom stereocenters. The molecule has 0 fully saturated rings. The van der Waals surface area contributed by atoms with E-state index in [-0.39, 0.29) is 13.1 Å². The predicted molar refractivity (Wildman–Crippen MR) is 58.7 cm³/mol. The van der Waals surface area contributed by atoms with Crippen LogP contribution in [-0.4, -0.2) is 31.4 Å². The molecule has 0 aromatic rings. The number of unbranched alkanes of at least 4 members (excludes halogenated alkanes) is 1. The summed E-state index contributed by atoms with van der Waals surface area (Å²) < 4.78 is 80.9. The molecule has 0 aliphatic rings. The van der Waals surface area contributed by atoms with Gasteiger partial charge in [-0.3, -0.25) is 9.13 Å². The van der Waals surface area contributed by atoms with Gasteiger partial charge in [-0.15, -0.1) is 8.78 Å². The van der Waals surface area contributed by atoms with Crippen LogP contribution in [0.15, 0.2) is 0 Å². The van der Waals surface area contributed by atoms with Gasteiger partial charge < -0.3 is 0 Å². The second-order valence-electron chi connectivity index (χ2n) is 4.02. The van der Waals surface area contributed by atoms with Gasteiger partial charge in [0.15, 0.2) is 5.67 Å². The van der Waals surface area contributed by atoms with Gasteiger partial charge in [0.1, 0.15) is 0 Å². The SMILES string of the molecule is CCCCOC(F)(F)OC(F)(F)C(C)(C)F.CCF. The van der Waals surface area contributed by atoms with E-state index < -0.39 is 24.7 Å². The first-order chi connectivity index (χ1) is 8.43. The summed E-state index contributed by atoms with van der Waals surface area (Å²) in [6.45, 7) is 3.36. The van der Waals surface area contributed by atoms with E-state index in [2.05, 4.69) is 9.47 Å². The molecule has 0 bridgehead atoms. The Labute approximate surface area is 109 Å². The normalized spacial score (nSPS) is 12.9. The van der Waals surface area contributed by atoms with E-state index in [1.807, 2.05) is 0 Å². The largest absolute Gasteiger partial charge is 0.490 e. The lowest BCUT2D eigenvalue weighted by atomic mass is 10.1. The summed E-state index contributed by atoms with van der Waals surface area (Å²) >= 11 is 0. The lowest BCUT2D eigenvalue weighted by Gasteiger charge is -2.29. The summed E-state index contributed by atoms with van der Waals surface area (Å²) in [6, 6.07) is 0. The number of halogens is 6. The number of ether oxygens (including phenoxy) is 2. The van der Waals surface area contributed by atoms with Gasteiger partial charge >= 0.3 is 12.4 Å². The summed E-state index contributed by atoms with van der Waals surface area (Å²) in [4.78, 5) is 0. The second-order valence-corrected chi connectivity index (χ2v) is 4.02. The Hall–Kier alpha value is -0.500. The molecule has 8 heteroatoms. The summed E-state index contributed by atoms with van der Waals surface area (Å²) in [5.41, 5.74) is -3.22. The molecule has 0 N–H and O–H groups in total. The minimum absolute atomic E-state index is 0.250. The molecule has 0 atom stereocenters. The molecule has 0 radical (unpaired) electrons. The van der Waals surface area contributed by atoms with Gasteiger partial charge in [0.05, 0.1) is 13.3 Å². The average Bonchev–Trinajstić information content (AvgIpc) is 2.15. The van der Waals surface area contributed by atoms with Crippen molar-refractivity contribution in [2.24, 2.45) is 0 Å². The molecule has 0 amide bonds. The van der Waals surface area contributed by atoms with E-state index in [1.54, 1.807) is 6.92 Å². The summed E-state index contributed by atoms with van der Waals surface area (Å²) in [6.07, 6.45) is -8.30. The lowest BCUT2D eigenvalue weighted by molar-refractivity contribution is -0.483. The van der Waals surface area contributed by atoms with Crippen molar-refractivity contribution >= 4 is 0 Å². The van der Waals surface area contributed by atoms with Gasteiger partial charge in [0.25, 0.3) is 0 Å². The summed E-state index contributed by atoms with van der Waals surface area (Å²) in [5.74, 6) is 0. The van der Waals surface area contributed by atoms with Crippen LogP contribution in [0.2, 0.25) is 0 Å². The molecular weight excluding hydrogens is 278 g/mol. The first-order valence-corrected chi connectivity index (χ1v) is 5.78. The fourth-order valence-electron chi connectivity index (χ4n) is 0.635. The minimum Gasteiger partial charge on any atom is -0.296 e. The number of hydrogen-bond acceptors (Lipinski definition) is 2. The molecule has 0 aliphatic heterocycles.